The monoisotopic (exact) mass is 396 g/mol. The van der Waals surface area contributed by atoms with Gasteiger partial charge in [0.2, 0.25) is 0 Å². The Morgan fingerprint density at radius 2 is 2.03 bits per heavy atom. The lowest BCUT2D eigenvalue weighted by molar-refractivity contribution is -0.384. The molecular formula is C19H16N4O6. The fourth-order valence-electron chi connectivity index (χ4n) is 2.31. The number of carbonyl (C=O) groups is 2. The van der Waals surface area contributed by atoms with Gasteiger partial charge in [-0.1, -0.05) is 18.2 Å². The number of hydrogen-bond acceptors (Lipinski definition) is 7. The first-order valence-corrected chi connectivity index (χ1v) is 8.10. The van der Waals surface area contributed by atoms with Gasteiger partial charge in [-0.3, -0.25) is 20.2 Å². The first-order chi connectivity index (χ1) is 13.8. The Kier molecular flexibility index (Phi) is 6.86. The molecule has 3 N–H and O–H groups in total. The number of nitro groups is 1. The maximum atomic E-state index is 11.7. The quantitative estimate of drug-likeness (QED) is 0.314. The average molecular weight is 396 g/mol. The molecule has 0 aromatic heterocycles. The van der Waals surface area contributed by atoms with Crippen LogP contribution in [0, 0.1) is 21.4 Å². The predicted octanol–water partition coefficient (Wildman–Crippen LogP) is 2.28. The van der Waals surface area contributed by atoms with Gasteiger partial charge in [0.1, 0.15) is 18.2 Å². The number of nitrogens with two attached hydrogens (primary N) is 1. The molecule has 0 aliphatic heterocycles. The highest BCUT2D eigenvalue weighted by Gasteiger charge is 2.13. The molecule has 0 aliphatic carbocycles. The van der Waals surface area contributed by atoms with E-state index in [1.165, 1.54) is 31.4 Å². The molecule has 10 nitrogen and oxygen atoms in total. The Labute approximate surface area is 165 Å². The Hall–Kier alpha value is -4.39. The Morgan fingerprint density at radius 1 is 1.28 bits per heavy atom. The summed E-state index contributed by atoms with van der Waals surface area (Å²) in [4.78, 5) is 32.8. The highest BCUT2D eigenvalue weighted by molar-refractivity contribution is 6.08. The summed E-state index contributed by atoms with van der Waals surface area (Å²) in [5.41, 5.74) is 5.55. The van der Waals surface area contributed by atoms with E-state index in [-0.39, 0.29) is 17.9 Å². The van der Waals surface area contributed by atoms with Gasteiger partial charge in [-0.2, -0.15) is 5.26 Å². The fourth-order valence-corrected chi connectivity index (χ4v) is 2.31. The topological polar surface area (TPSA) is 158 Å². The van der Waals surface area contributed by atoms with Crippen LogP contribution in [0.1, 0.15) is 11.1 Å². The van der Waals surface area contributed by atoms with E-state index in [9.17, 15) is 19.7 Å². The molecule has 10 heteroatoms. The third-order valence-corrected chi connectivity index (χ3v) is 3.62. The largest absolute Gasteiger partial charge is 0.493 e. The van der Waals surface area contributed by atoms with Gasteiger partial charge in [0.05, 0.1) is 12.0 Å². The van der Waals surface area contributed by atoms with Gasteiger partial charge in [0.25, 0.3) is 11.6 Å². The third kappa shape index (κ3) is 5.80. The Bertz CT molecular complexity index is 1030. The summed E-state index contributed by atoms with van der Waals surface area (Å²) < 4.78 is 10.9. The SMILES string of the molecule is COc1cc(/C=C(/C#N)C(=O)NC(N)=O)ccc1OCc1cccc([N+](=O)[O-])c1. The van der Waals surface area contributed by atoms with Crippen molar-refractivity contribution in [2.45, 2.75) is 6.61 Å². The van der Waals surface area contributed by atoms with Gasteiger partial charge < -0.3 is 15.2 Å². The number of nitrogens with zero attached hydrogens (tertiary/aromatic N) is 2. The normalized spacial score (nSPS) is 10.6. The predicted molar refractivity (Wildman–Crippen MR) is 102 cm³/mol. The molecular weight excluding hydrogens is 380 g/mol. The van der Waals surface area contributed by atoms with E-state index in [1.54, 1.807) is 30.3 Å². The van der Waals surface area contributed by atoms with Crippen molar-refractivity contribution in [1.29, 1.82) is 5.26 Å². The minimum atomic E-state index is -1.07. The molecule has 2 rings (SSSR count). The van der Waals surface area contributed by atoms with Crippen LogP contribution in [0.2, 0.25) is 0 Å². The zero-order valence-electron chi connectivity index (χ0n) is 15.2. The first kappa shape index (κ1) is 20.9. The molecule has 0 bridgehead atoms. The third-order valence-electron chi connectivity index (χ3n) is 3.62. The number of nitrogens with one attached hydrogen (secondary N) is 1. The number of imide groups is 1. The molecule has 148 valence electrons. The lowest BCUT2D eigenvalue weighted by Crippen LogP contribution is -2.35. The summed E-state index contributed by atoms with van der Waals surface area (Å²) in [5, 5.41) is 21.7. The fraction of sp³-hybridized carbons (Fsp3) is 0.105. The number of carbonyl (C=O) groups excluding carboxylic acids is 2. The number of non-ortho nitro benzene ring substituents is 1. The van der Waals surface area contributed by atoms with Gasteiger partial charge in [-0.15, -0.1) is 0 Å². The molecule has 0 saturated heterocycles. The van der Waals surface area contributed by atoms with Crippen LogP contribution >= 0.6 is 0 Å². The molecule has 2 aromatic rings. The number of hydrogen-bond donors (Lipinski definition) is 2. The molecule has 0 saturated carbocycles. The van der Waals surface area contributed by atoms with Crippen molar-refractivity contribution in [1.82, 2.24) is 5.32 Å². The number of nitriles is 1. The van der Waals surface area contributed by atoms with Crippen LogP contribution in [-0.2, 0) is 11.4 Å². The molecule has 0 aliphatic rings. The van der Waals surface area contributed by atoms with Crippen molar-refractivity contribution in [3.63, 3.8) is 0 Å². The molecule has 0 fully saturated rings. The Balaban J connectivity index is 2.20. The minimum Gasteiger partial charge on any atom is -0.493 e. The van der Waals surface area contributed by atoms with E-state index in [0.29, 0.717) is 22.6 Å². The number of primary amides is 1. The standard InChI is InChI=1S/C19H16N4O6/c1-28-17-9-12(7-14(10-20)18(24)22-19(21)25)5-6-16(17)29-11-13-3-2-4-15(8-13)23(26)27/h2-9H,11H2,1H3,(H3,21,22,24,25)/b14-7-. The van der Waals surface area contributed by atoms with Gasteiger partial charge in [0, 0.05) is 12.1 Å². The van der Waals surface area contributed by atoms with Crippen LogP contribution in [0.4, 0.5) is 10.5 Å². The second-order valence-corrected chi connectivity index (χ2v) is 5.61. The van der Waals surface area contributed by atoms with Crippen LogP contribution in [0.25, 0.3) is 6.08 Å². The van der Waals surface area contributed by atoms with Gasteiger partial charge >= 0.3 is 6.03 Å². The van der Waals surface area contributed by atoms with E-state index in [0.717, 1.165) is 0 Å². The number of ether oxygens (including phenoxy) is 2. The average Bonchev–Trinajstić information content (AvgIpc) is 2.70. The summed E-state index contributed by atoms with van der Waals surface area (Å²) in [7, 11) is 1.41. The minimum absolute atomic E-state index is 0.0446. The second kappa shape index (κ2) is 9.52. The number of urea groups is 1. The van der Waals surface area contributed by atoms with Crippen molar-refractivity contribution in [2.75, 3.05) is 7.11 Å². The van der Waals surface area contributed by atoms with E-state index < -0.39 is 16.9 Å². The number of amides is 3. The summed E-state index contributed by atoms with van der Waals surface area (Å²) in [6.45, 7) is 0.0672. The number of rotatable bonds is 7. The van der Waals surface area contributed by atoms with Gasteiger partial charge in [-0.05, 0) is 29.3 Å². The van der Waals surface area contributed by atoms with Crippen LogP contribution in [0.3, 0.4) is 0 Å². The lowest BCUT2D eigenvalue weighted by atomic mass is 10.1. The molecule has 0 radical (unpaired) electrons. The molecule has 0 unspecified atom stereocenters. The van der Waals surface area contributed by atoms with Crippen molar-refractivity contribution in [2.24, 2.45) is 5.73 Å². The lowest BCUT2D eigenvalue weighted by Gasteiger charge is -2.11. The highest BCUT2D eigenvalue weighted by Crippen LogP contribution is 2.30. The summed E-state index contributed by atoms with van der Waals surface area (Å²) >= 11 is 0. The van der Waals surface area contributed by atoms with Crippen molar-refractivity contribution >= 4 is 23.7 Å². The van der Waals surface area contributed by atoms with E-state index in [2.05, 4.69) is 0 Å². The van der Waals surface area contributed by atoms with Crippen LogP contribution in [0.15, 0.2) is 48.0 Å². The molecule has 0 atom stereocenters. The zero-order chi connectivity index (χ0) is 21.4. The van der Waals surface area contributed by atoms with E-state index >= 15 is 0 Å². The maximum Gasteiger partial charge on any atom is 0.319 e. The summed E-state index contributed by atoms with van der Waals surface area (Å²) in [6, 6.07) is 11.3. The van der Waals surface area contributed by atoms with Crippen LogP contribution < -0.4 is 20.5 Å². The summed E-state index contributed by atoms with van der Waals surface area (Å²) in [6.07, 6.45) is 1.26. The summed E-state index contributed by atoms with van der Waals surface area (Å²) in [5.74, 6) is -0.252. The van der Waals surface area contributed by atoms with Gasteiger partial charge in [-0.25, -0.2) is 4.79 Å². The van der Waals surface area contributed by atoms with E-state index in [4.69, 9.17) is 20.5 Å². The van der Waals surface area contributed by atoms with Crippen molar-refractivity contribution in [3.8, 4) is 17.6 Å². The van der Waals surface area contributed by atoms with Crippen molar-refractivity contribution < 1.29 is 24.0 Å². The van der Waals surface area contributed by atoms with E-state index in [1.807, 2.05) is 5.32 Å². The molecule has 2 aromatic carbocycles. The number of benzene rings is 2. The maximum absolute atomic E-state index is 11.7. The molecule has 0 heterocycles. The highest BCUT2D eigenvalue weighted by atomic mass is 16.6. The molecule has 0 spiro atoms. The van der Waals surface area contributed by atoms with Crippen LogP contribution in [0.5, 0.6) is 11.5 Å². The van der Waals surface area contributed by atoms with Crippen LogP contribution in [-0.4, -0.2) is 24.0 Å². The second-order valence-electron chi connectivity index (χ2n) is 5.61. The van der Waals surface area contributed by atoms with Gasteiger partial charge in [0.15, 0.2) is 11.5 Å². The Morgan fingerprint density at radius 3 is 2.66 bits per heavy atom. The zero-order valence-corrected chi connectivity index (χ0v) is 15.2. The first-order valence-electron chi connectivity index (χ1n) is 8.10. The van der Waals surface area contributed by atoms with Crippen molar-refractivity contribution in [3.05, 3.63) is 69.3 Å². The molecule has 3 amide bonds. The number of methoxy groups -OCH3 is 1. The molecule has 29 heavy (non-hydrogen) atoms. The number of nitro benzene ring substituents is 1. The smallest absolute Gasteiger partial charge is 0.319 e.